The Morgan fingerprint density at radius 2 is 1.74 bits per heavy atom. The first-order chi connectivity index (χ1) is 20.7. The third-order valence-corrected chi connectivity index (χ3v) is 6.90. The lowest BCUT2D eigenvalue weighted by atomic mass is 9.90. The van der Waals surface area contributed by atoms with E-state index in [1.54, 1.807) is 35.3 Å². The number of hydrogen-bond donors (Lipinski definition) is 6. The maximum Gasteiger partial charge on any atom is 0.338 e. The molecule has 3 aromatic rings. The van der Waals surface area contributed by atoms with Crippen molar-refractivity contribution in [3.63, 3.8) is 0 Å². The van der Waals surface area contributed by atoms with Crippen LogP contribution in [0.1, 0.15) is 33.7 Å². The van der Waals surface area contributed by atoms with Crippen LogP contribution in [-0.2, 0) is 14.2 Å². The number of nitrogens with zero attached hydrogens (tertiary/aromatic N) is 3. The van der Waals surface area contributed by atoms with E-state index < -0.39 is 47.6 Å². The standard InChI is InChI=1S/C29H32N4O10/c30-6-8-40-9-7-33-14-18(31-32-33)15-41-27-24-20(35)12-19(34)13-23(24)42-26(17-10-21(36)25(38)22(37)11-17)28(27)43-29(39)16-4-2-1-3-5-16/h1-5,10-13,18,26-28,34-38H,6-9,14-15,30H2. The van der Waals surface area contributed by atoms with E-state index in [9.17, 15) is 30.3 Å². The summed E-state index contributed by atoms with van der Waals surface area (Å²) < 4.78 is 23.7. The van der Waals surface area contributed by atoms with Gasteiger partial charge in [-0.1, -0.05) is 23.4 Å². The molecule has 43 heavy (non-hydrogen) atoms. The molecule has 228 valence electrons. The van der Waals surface area contributed by atoms with Gasteiger partial charge in [-0.15, -0.1) is 0 Å². The van der Waals surface area contributed by atoms with E-state index in [2.05, 4.69) is 10.3 Å². The lowest BCUT2D eigenvalue weighted by Crippen LogP contribution is -2.40. The monoisotopic (exact) mass is 596 g/mol. The number of nitrogens with two attached hydrogens (primary N) is 1. The van der Waals surface area contributed by atoms with E-state index in [-0.39, 0.29) is 40.5 Å². The molecule has 3 aromatic carbocycles. The quantitative estimate of drug-likeness (QED) is 0.107. The van der Waals surface area contributed by atoms with Gasteiger partial charge in [0.2, 0.25) is 0 Å². The number of phenols is 5. The van der Waals surface area contributed by atoms with Gasteiger partial charge in [-0.3, -0.25) is 5.01 Å². The molecule has 4 unspecified atom stereocenters. The lowest BCUT2D eigenvalue weighted by molar-refractivity contribution is -0.112. The largest absolute Gasteiger partial charge is 0.508 e. The van der Waals surface area contributed by atoms with Crippen LogP contribution >= 0.6 is 0 Å². The molecule has 0 bridgehead atoms. The number of carbonyl (C=O) groups is 1. The van der Waals surface area contributed by atoms with Crippen LogP contribution in [0.25, 0.3) is 0 Å². The number of carbonyl (C=O) groups excluding carboxylic acids is 1. The molecule has 0 saturated heterocycles. The number of aromatic hydroxyl groups is 5. The highest BCUT2D eigenvalue weighted by atomic mass is 16.6. The average molecular weight is 597 g/mol. The van der Waals surface area contributed by atoms with Crippen molar-refractivity contribution in [3.8, 4) is 34.5 Å². The molecule has 14 nitrogen and oxygen atoms in total. The molecule has 0 saturated carbocycles. The van der Waals surface area contributed by atoms with E-state index in [0.717, 1.165) is 18.2 Å². The van der Waals surface area contributed by atoms with Gasteiger partial charge in [-0.05, 0) is 24.3 Å². The zero-order valence-corrected chi connectivity index (χ0v) is 22.9. The molecule has 0 aromatic heterocycles. The number of phenolic OH excluding ortho intramolecular Hbond substituents is 5. The minimum atomic E-state index is -1.29. The lowest BCUT2D eigenvalue weighted by Gasteiger charge is -2.39. The van der Waals surface area contributed by atoms with Gasteiger partial charge in [0.1, 0.15) is 29.4 Å². The second-order valence-corrected chi connectivity index (χ2v) is 9.99. The number of ether oxygens (including phenoxy) is 4. The molecule has 0 fully saturated rings. The molecule has 2 aliphatic rings. The van der Waals surface area contributed by atoms with Gasteiger partial charge < -0.3 is 50.2 Å². The summed E-state index contributed by atoms with van der Waals surface area (Å²) >= 11 is 0. The summed E-state index contributed by atoms with van der Waals surface area (Å²) in [4.78, 5) is 13.3. The second-order valence-electron chi connectivity index (χ2n) is 9.99. The molecule has 14 heteroatoms. The van der Waals surface area contributed by atoms with Crippen molar-refractivity contribution in [2.45, 2.75) is 24.4 Å². The number of benzene rings is 3. The SMILES string of the molecule is NCCOCCN1CC(COC2c3c(O)cc(O)cc3OC(c3cc(O)c(O)c(O)c3)C2OC(=O)c2ccccc2)N=N1. The Kier molecular flexibility index (Phi) is 8.99. The van der Waals surface area contributed by atoms with Crippen LogP contribution in [0.5, 0.6) is 34.5 Å². The van der Waals surface area contributed by atoms with Crippen LogP contribution in [0.15, 0.2) is 64.9 Å². The van der Waals surface area contributed by atoms with Gasteiger partial charge in [0.05, 0.1) is 44.0 Å². The molecule has 2 aliphatic heterocycles. The van der Waals surface area contributed by atoms with Crippen molar-refractivity contribution in [1.29, 1.82) is 0 Å². The van der Waals surface area contributed by atoms with Crippen molar-refractivity contribution < 1.29 is 49.3 Å². The number of esters is 1. The first-order valence-electron chi connectivity index (χ1n) is 13.5. The van der Waals surface area contributed by atoms with Crippen LogP contribution in [-0.4, -0.2) is 88.1 Å². The predicted molar refractivity (Wildman–Crippen MR) is 149 cm³/mol. The van der Waals surface area contributed by atoms with Crippen LogP contribution in [0, 0.1) is 0 Å². The Balaban J connectivity index is 1.47. The van der Waals surface area contributed by atoms with E-state index in [0.29, 0.717) is 32.8 Å². The highest BCUT2D eigenvalue weighted by Gasteiger charge is 2.46. The molecular weight excluding hydrogens is 564 g/mol. The molecule has 0 radical (unpaired) electrons. The minimum absolute atomic E-state index is 0.00767. The summed E-state index contributed by atoms with van der Waals surface area (Å²) in [6.07, 6.45) is -3.69. The molecule has 7 N–H and O–H groups in total. The predicted octanol–water partition coefficient (Wildman–Crippen LogP) is 2.66. The van der Waals surface area contributed by atoms with Crippen molar-refractivity contribution in [1.82, 2.24) is 5.01 Å². The molecule has 5 rings (SSSR count). The fourth-order valence-corrected chi connectivity index (χ4v) is 4.88. The Bertz CT molecular complexity index is 1450. The van der Waals surface area contributed by atoms with Crippen molar-refractivity contribution in [2.75, 3.05) is 39.5 Å². The fraction of sp³-hybridized carbons (Fsp3) is 0.345. The van der Waals surface area contributed by atoms with E-state index in [4.69, 9.17) is 24.7 Å². The van der Waals surface area contributed by atoms with Gasteiger partial charge in [0.25, 0.3) is 0 Å². The van der Waals surface area contributed by atoms with Crippen LogP contribution in [0.3, 0.4) is 0 Å². The van der Waals surface area contributed by atoms with E-state index in [1.165, 1.54) is 6.07 Å². The Morgan fingerprint density at radius 1 is 1.00 bits per heavy atom. The summed E-state index contributed by atoms with van der Waals surface area (Å²) in [6, 6.07) is 12.4. The fourth-order valence-electron chi connectivity index (χ4n) is 4.88. The Hall–Kier alpha value is -4.79. The molecule has 0 aliphatic carbocycles. The van der Waals surface area contributed by atoms with Gasteiger partial charge in [0, 0.05) is 24.2 Å². The zero-order chi connectivity index (χ0) is 30.5. The van der Waals surface area contributed by atoms with Gasteiger partial charge in [0.15, 0.2) is 29.5 Å². The Morgan fingerprint density at radius 3 is 2.47 bits per heavy atom. The summed E-state index contributed by atoms with van der Waals surface area (Å²) in [7, 11) is 0. The Labute approximate surface area is 246 Å². The number of fused-ring (bicyclic) bond motifs is 1. The smallest absolute Gasteiger partial charge is 0.338 e. The molecule has 0 amide bonds. The molecule has 4 atom stereocenters. The number of rotatable bonds is 11. The molecule has 2 heterocycles. The molecule has 0 spiro atoms. The summed E-state index contributed by atoms with van der Waals surface area (Å²) in [5.74, 6) is -3.43. The topological polar surface area (TPSA) is 209 Å². The van der Waals surface area contributed by atoms with Crippen LogP contribution in [0.2, 0.25) is 0 Å². The summed E-state index contributed by atoms with van der Waals surface area (Å²) in [6.45, 7) is 2.16. The maximum atomic E-state index is 13.3. The van der Waals surface area contributed by atoms with Gasteiger partial charge >= 0.3 is 5.97 Å². The second kappa shape index (κ2) is 13.0. The van der Waals surface area contributed by atoms with Crippen LogP contribution in [0.4, 0.5) is 0 Å². The molecular formula is C29H32N4O10. The highest BCUT2D eigenvalue weighted by Crippen LogP contribution is 2.51. The van der Waals surface area contributed by atoms with E-state index >= 15 is 0 Å². The van der Waals surface area contributed by atoms with Gasteiger partial charge in [-0.25, -0.2) is 4.79 Å². The maximum absolute atomic E-state index is 13.3. The average Bonchev–Trinajstić information content (AvgIpc) is 3.45. The number of hydrogen-bond acceptors (Lipinski definition) is 14. The van der Waals surface area contributed by atoms with Crippen molar-refractivity contribution in [3.05, 3.63) is 71.3 Å². The zero-order valence-electron chi connectivity index (χ0n) is 22.9. The minimum Gasteiger partial charge on any atom is -0.508 e. The third-order valence-electron chi connectivity index (χ3n) is 6.90. The van der Waals surface area contributed by atoms with Gasteiger partial charge in [-0.2, -0.15) is 5.11 Å². The van der Waals surface area contributed by atoms with Crippen molar-refractivity contribution >= 4 is 5.97 Å². The van der Waals surface area contributed by atoms with Crippen molar-refractivity contribution in [2.24, 2.45) is 16.1 Å². The first-order valence-corrected chi connectivity index (χ1v) is 13.5. The summed E-state index contributed by atoms with van der Waals surface area (Å²) in [5.41, 5.74) is 5.90. The summed E-state index contributed by atoms with van der Waals surface area (Å²) in [5, 5.41) is 61.6. The van der Waals surface area contributed by atoms with Crippen LogP contribution < -0.4 is 10.5 Å². The third kappa shape index (κ3) is 6.66. The highest BCUT2D eigenvalue weighted by molar-refractivity contribution is 5.89. The first kappa shape index (κ1) is 29.7. The van der Waals surface area contributed by atoms with E-state index in [1.807, 2.05) is 0 Å². The normalized spacial score (nSPS) is 20.9.